The average Bonchev–Trinajstić information content (AvgIpc) is 3.09. The molecule has 0 atom stereocenters. The van der Waals surface area contributed by atoms with Gasteiger partial charge in [0.2, 0.25) is 5.91 Å². The minimum atomic E-state index is -0.352. The number of methoxy groups -OCH3 is 1. The predicted octanol–water partition coefficient (Wildman–Crippen LogP) is 2.76. The highest BCUT2D eigenvalue weighted by Crippen LogP contribution is 2.30. The lowest BCUT2D eigenvalue weighted by molar-refractivity contribution is -0.119. The summed E-state index contributed by atoms with van der Waals surface area (Å²) < 4.78 is 10.4. The normalized spacial score (nSPS) is 16.7. The number of pyridine rings is 1. The molecule has 4 rings (SSSR count). The first-order valence-corrected chi connectivity index (χ1v) is 11.7. The van der Waals surface area contributed by atoms with Gasteiger partial charge in [-0.2, -0.15) is 0 Å². The number of esters is 1. The molecule has 0 saturated carbocycles. The predicted molar refractivity (Wildman–Crippen MR) is 127 cm³/mol. The molecule has 1 aromatic carbocycles. The van der Waals surface area contributed by atoms with E-state index in [0.29, 0.717) is 18.7 Å². The quantitative estimate of drug-likeness (QED) is 0.624. The molecule has 0 unspecified atom stereocenters. The third-order valence-corrected chi connectivity index (χ3v) is 6.24. The molecule has 33 heavy (non-hydrogen) atoms. The number of carbonyl (C=O) groups excluding carboxylic acids is 2. The molecule has 0 bridgehead atoms. The lowest BCUT2D eigenvalue weighted by atomic mass is 10.0. The van der Waals surface area contributed by atoms with E-state index in [1.807, 2.05) is 29.2 Å². The molecule has 2 aromatic rings. The first-order valence-electron chi connectivity index (χ1n) is 11.7. The van der Waals surface area contributed by atoms with Gasteiger partial charge in [0.05, 0.1) is 25.8 Å². The fourth-order valence-electron chi connectivity index (χ4n) is 4.50. The number of benzene rings is 1. The number of hydrogen-bond acceptors (Lipinski definition) is 7. The Morgan fingerprint density at radius 1 is 1.03 bits per heavy atom. The molecule has 0 aliphatic carbocycles. The first-order chi connectivity index (χ1) is 16.1. The van der Waals surface area contributed by atoms with Gasteiger partial charge in [-0.25, -0.2) is 9.78 Å². The van der Waals surface area contributed by atoms with Crippen molar-refractivity contribution in [3.8, 4) is 5.75 Å². The highest BCUT2D eigenvalue weighted by molar-refractivity contribution is 5.96. The first kappa shape index (κ1) is 23.0. The van der Waals surface area contributed by atoms with Crippen LogP contribution in [0, 0.1) is 0 Å². The Bertz CT molecular complexity index is 979. The second-order valence-electron chi connectivity index (χ2n) is 8.39. The van der Waals surface area contributed by atoms with Crippen LogP contribution in [0.15, 0.2) is 36.5 Å². The van der Waals surface area contributed by atoms with Crippen molar-refractivity contribution in [2.24, 2.45) is 0 Å². The van der Waals surface area contributed by atoms with Gasteiger partial charge in [-0.05, 0) is 62.1 Å². The lowest BCUT2D eigenvalue weighted by Gasteiger charge is -2.31. The van der Waals surface area contributed by atoms with Crippen molar-refractivity contribution in [3.05, 3.63) is 47.7 Å². The summed E-state index contributed by atoms with van der Waals surface area (Å²) in [6, 6.07) is 9.59. The minimum absolute atomic E-state index is 0.145. The van der Waals surface area contributed by atoms with E-state index >= 15 is 0 Å². The van der Waals surface area contributed by atoms with Crippen molar-refractivity contribution < 1.29 is 19.1 Å². The van der Waals surface area contributed by atoms with Crippen LogP contribution in [-0.4, -0.2) is 74.7 Å². The summed E-state index contributed by atoms with van der Waals surface area (Å²) >= 11 is 0. The summed E-state index contributed by atoms with van der Waals surface area (Å²) in [5.74, 6) is 1.47. The van der Waals surface area contributed by atoms with Gasteiger partial charge >= 0.3 is 5.97 Å². The molecule has 3 heterocycles. The topological polar surface area (TPSA) is 75.2 Å². The number of nitrogens with zero attached hydrogens (tertiary/aromatic N) is 4. The van der Waals surface area contributed by atoms with Crippen molar-refractivity contribution in [3.63, 3.8) is 0 Å². The molecule has 8 nitrogen and oxygen atoms in total. The van der Waals surface area contributed by atoms with Crippen LogP contribution in [0.1, 0.15) is 35.7 Å². The van der Waals surface area contributed by atoms with Crippen LogP contribution >= 0.6 is 0 Å². The molecule has 0 spiro atoms. The van der Waals surface area contributed by atoms with Crippen LogP contribution in [0.2, 0.25) is 0 Å². The number of hydrogen-bond donors (Lipinski definition) is 0. The Labute approximate surface area is 195 Å². The molecule has 176 valence electrons. The Balaban J connectivity index is 1.35. The number of fused-ring (bicyclic) bond motifs is 1. The molecule has 8 heteroatoms. The average molecular weight is 453 g/mol. The van der Waals surface area contributed by atoms with Crippen molar-refractivity contribution in [2.75, 3.05) is 62.8 Å². The number of carbonyl (C=O) groups is 2. The second-order valence-corrected chi connectivity index (χ2v) is 8.39. The van der Waals surface area contributed by atoms with Gasteiger partial charge in [-0.3, -0.25) is 9.69 Å². The highest BCUT2D eigenvalue weighted by atomic mass is 16.5. The van der Waals surface area contributed by atoms with Crippen molar-refractivity contribution in [2.45, 2.75) is 26.2 Å². The largest absolute Gasteiger partial charge is 0.497 e. The van der Waals surface area contributed by atoms with E-state index in [1.54, 1.807) is 26.3 Å². The third kappa shape index (κ3) is 5.45. The molecule has 1 aromatic heterocycles. The third-order valence-electron chi connectivity index (χ3n) is 6.24. The summed E-state index contributed by atoms with van der Waals surface area (Å²) in [6.07, 6.45) is 4.45. The number of ether oxygens (including phenoxy) is 2. The van der Waals surface area contributed by atoms with E-state index in [-0.39, 0.29) is 11.9 Å². The fraction of sp³-hybridized carbons (Fsp3) is 0.480. The molecule has 1 saturated heterocycles. The summed E-state index contributed by atoms with van der Waals surface area (Å²) in [6.45, 7) is 6.61. The molecule has 1 fully saturated rings. The maximum Gasteiger partial charge on any atom is 0.339 e. The van der Waals surface area contributed by atoms with Crippen LogP contribution in [0.4, 0.5) is 11.5 Å². The monoisotopic (exact) mass is 452 g/mol. The summed E-state index contributed by atoms with van der Waals surface area (Å²) in [5, 5.41) is 0. The summed E-state index contributed by atoms with van der Waals surface area (Å²) in [5.41, 5.74) is 2.64. The van der Waals surface area contributed by atoms with Crippen LogP contribution < -0.4 is 14.5 Å². The maximum atomic E-state index is 13.2. The van der Waals surface area contributed by atoms with Gasteiger partial charge in [0.25, 0.3) is 0 Å². The second kappa shape index (κ2) is 10.7. The molecule has 2 aliphatic heterocycles. The van der Waals surface area contributed by atoms with Gasteiger partial charge in [0, 0.05) is 44.6 Å². The number of aryl methyl sites for hydroxylation is 1. The summed E-state index contributed by atoms with van der Waals surface area (Å²) in [7, 11) is 1.67. The Morgan fingerprint density at radius 2 is 1.91 bits per heavy atom. The Morgan fingerprint density at radius 3 is 2.67 bits per heavy atom. The zero-order valence-electron chi connectivity index (χ0n) is 19.5. The van der Waals surface area contributed by atoms with Gasteiger partial charge in [-0.1, -0.05) is 0 Å². The smallest absolute Gasteiger partial charge is 0.339 e. The molecule has 1 amide bonds. The SMILES string of the molecule is CCOC(=O)c1ccc(N2CCCN(CC(=O)N3CCCc4cc(OC)ccc43)CC2)nc1. The van der Waals surface area contributed by atoms with Crippen molar-refractivity contribution in [1.82, 2.24) is 9.88 Å². The van der Waals surface area contributed by atoms with Gasteiger partial charge in [0.1, 0.15) is 11.6 Å². The molecule has 0 radical (unpaired) electrons. The number of rotatable bonds is 6. The van der Waals surface area contributed by atoms with E-state index < -0.39 is 0 Å². The van der Waals surface area contributed by atoms with E-state index in [2.05, 4.69) is 14.8 Å². The number of aromatic nitrogens is 1. The molecular formula is C25H32N4O4. The van der Waals surface area contributed by atoms with Crippen LogP contribution in [0.3, 0.4) is 0 Å². The summed E-state index contributed by atoms with van der Waals surface area (Å²) in [4.78, 5) is 35.9. The lowest BCUT2D eigenvalue weighted by Crippen LogP contribution is -2.43. The zero-order valence-corrected chi connectivity index (χ0v) is 19.5. The highest BCUT2D eigenvalue weighted by Gasteiger charge is 2.25. The Hall–Kier alpha value is -3.13. The Kier molecular flexibility index (Phi) is 7.44. The van der Waals surface area contributed by atoms with Gasteiger partial charge in [0.15, 0.2) is 0 Å². The molecule has 0 N–H and O–H groups in total. The maximum absolute atomic E-state index is 13.2. The number of anilines is 2. The van der Waals surface area contributed by atoms with E-state index in [0.717, 1.165) is 69.2 Å². The van der Waals surface area contributed by atoms with E-state index in [4.69, 9.17) is 9.47 Å². The van der Waals surface area contributed by atoms with Crippen molar-refractivity contribution >= 4 is 23.4 Å². The minimum Gasteiger partial charge on any atom is -0.497 e. The van der Waals surface area contributed by atoms with Crippen LogP contribution in [0.25, 0.3) is 0 Å². The van der Waals surface area contributed by atoms with Gasteiger partial charge in [-0.15, -0.1) is 0 Å². The van der Waals surface area contributed by atoms with Crippen molar-refractivity contribution in [1.29, 1.82) is 0 Å². The molecule has 2 aliphatic rings. The van der Waals surface area contributed by atoms with Gasteiger partial charge < -0.3 is 19.3 Å². The molecular weight excluding hydrogens is 420 g/mol. The zero-order chi connectivity index (χ0) is 23.2. The number of amides is 1. The van der Waals surface area contributed by atoms with E-state index in [1.165, 1.54) is 5.56 Å². The fourth-order valence-corrected chi connectivity index (χ4v) is 4.50. The van der Waals surface area contributed by atoms with Crippen LogP contribution in [0.5, 0.6) is 5.75 Å². The van der Waals surface area contributed by atoms with E-state index in [9.17, 15) is 9.59 Å². The standard InChI is InChI=1S/C25H32N4O4/c1-3-33-25(31)20-7-10-23(26-17-20)28-12-5-11-27(14-15-28)18-24(30)29-13-4-6-19-16-21(32-2)8-9-22(19)29/h7-10,16-17H,3-6,11-15,18H2,1-2H3. The van der Waals surface area contributed by atoms with Crippen LogP contribution in [-0.2, 0) is 16.0 Å².